The van der Waals surface area contributed by atoms with Crippen molar-refractivity contribution in [2.24, 2.45) is 0 Å². The van der Waals surface area contributed by atoms with Gasteiger partial charge in [-0.3, -0.25) is 0 Å². The number of hydrogen-bond donors (Lipinski definition) is 0. The highest BCUT2D eigenvalue weighted by molar-refractivity contribution is 8.00. The molecule has 1 aromatic heterocycles. The quantitative estimate of drug-likeness (QED) is 0.627. The van der Waals surface area contributed by atoms with Crippen molar-refractivity contribution in [2.75, 3.05) is 11.5 Å². The number of thioether (sulfide) groups is 1. The second-order valence-corrected chi connectivity index (χ2v) is 7.26. The predicted molar refractivity (Wildman–Crippen MR) is 76.3 cm³/mol. The van der Waals surface area contributed by atoms with E-state index in [0.29, 0.717) is 15.9 Å². The van der Waals surface area contributed by atoms with E-state index in [4.69, 9.17) is 11.6 Å². The zero-order valence-electron chi connectivity index (χ0n) is 9.86. The number of nitrogens with zero attached hydrogens (tertiary/aromatic N) is 2. The van der Waals surface area contributed by atoms with Crippen LogP contribution in [0.15, 0.2) is 52.8 Å². The minimum atomic E-state index is -3.28. The van der Waals surface area contributed by atoms with Crippen LogP contribution in [0, 0.1) is 0 Å². The molecule has 0 amide bonds. The van der Waals surface area contributed by atoms with Gasteiger partial charge in [0.05, 0.1) is 10.6 Å². The Balaban J connectivity index is 1.97. The summed E-state index contributed by atoms with van der Waals surface area (Å²) < 4.78 is 24.1. The molecule has 4 nitrogen and oxygen atoms in total. The molecule has 100 valence electrons. The largest absolute Gasteiger partial charge is 0.231 e. The van der Waals surface area contributed by atoms with E-state index in [1.807, 2.05) is 0 Å². The van der Waals surface area contributed by atoms with Crippen LogP contribution in [-0.2, 0) is 9.84 Å². The highest BCUT2D eigenvalue weighted by Gasteiger charge is 2.14. The Labute approximate surface area is 121 Å². The van der Waals surface area contributed by atoms with Gasteiger partial charge in [0, 0.05) is 23.2 Å². The monoisotopic (exact) mass is 314 g/mol. The molecule has 7 heteroatoms. The van der Waals surface area contributed by atoms with Crippen LogP contribution < -0.4 is 0 Å². The van der Waals surface area contributed by atoms with Gasteiger partial charge in [0.25, 0.3) is 0 Å². The normalized spacial score (nSPS) is 11.4. The highest BCUT2D eigenvalue weighted by Crippen LogP contribution is 2.18. The van der Waals surface area contributed by atoms with Crippen LogP contribution >= 0.6 is 23.4 Å². The van der Waals surface area contributed by atoms with E-state index in [9.17, 15) is 8.42 Å². The number of aromatic nitrogens is 2. The van der Waals surface area contributed by atoms with Crippen molar-refractivity contribution in [2.45, 2.75) is 10.1 Å². The third-order valence-corrected chi connectivity index (χ3v) is 5.42. The molecular weight excluding hydrogens is 304 g/mol. The zero-order valence-corrected chi connectivity index (χ0v) is 12.2. The number of halogens is 1. The van der Waals surface area contributed by atoms with Crippen molar-refractivity contribution in [1.82, 2.24) is 9.97 Å². The third kappa shape index (κ3) is 4.19. The first-order valence-electron chi connectivity index (χ1n) is 5.46. The second-order valence-electron chi connectivity index (χ2n) is 3.65. The molecule has 0 unspecified atom stereocenters. The molecule has 0 bridgehead atoms. The Morgan fingerprint density at radius 3 is 2.37 bits per heavy atom. The molecule has 0 atom stereocenters. The van der Waals surface area contributed by atoms with Crippen LogP contribution in [-0.4, -0.2) is 29.9 Å². The van der Waals surface area contributed by atoms with Gasteiger partial charge in [-0.15, -0.1) is 0 Å². The lowest BCUT2D eigenvalue weighted by atomic mass is 10.4. The van der Waals surface area contributed by atoms with Crippen molar-refractivity contribution in [3.8, 4) is 0 Å². The molecule has 1 aromatic carbocycles. The number of sulfone groups is 1. The van der Waals surface area contributed by atoms with E-state index >= 15 is 0 Å². The van der Waals surface area contributed by atoms with Gasteiger partial charge in [0.1, 0.15) is 0 Å². The Morgan fingerprint density at radius 2 is 1.74 bits per heavy atom. The number of benzene rings is 1. The van der Waals surface area contributed by atoms with Gasteiger partial charge in [-0.25, -0.2) is 18.4 Å². The molecule has 1 heterocycles. The van der Waals surface area contributed by atoms with Gasteiger partial charge >= 0.3 is 0 Å². The fourth-order valence-electron chi connectivity index (χ4n) is 1.36. The van der Waals surface area contributed by atoms with E-state index in [1.54, 1.807) is 30.6 Å². The summed E-state index contributed by atoms with van der Waals surface area (Å²) in [7, 11) is -3.28. The molecule has 2 rings (SSSR count). The standard InChI is InChI=1S/C12H11ClN2O2S2/c13-10-2-4-11(5-3-10)19(16,17)9-8-18-12-14-6-1-7-15-12/h1-7H,8-9H2. The molecule has 0 aliphatic carbocycles. The maximum Gasteiger partial charge on any atom is 0.187 e. The molecule has 0 saturated heterocycles. The lowest BCUT2D eigenvalue weighted by Crippen LogP contribution is -2.09. The first-order chi connectivity index (χ1) is 9.08. The summed E-state index contributed by atoms with van der Waals surface area (Å²) in [5, 5.41) is 1.10. The summed E-state index contributed by atoms with van der Waals surface area (Å²) in [5.41, 5.74) is 0. The average Bonchev–Trinajstić information content (AvgIpc) is 2.40. The van der Waals surface area contributed by atoms with E-state index in [2.05, 4.69) is 9.97 Å². The minimum absolute atomic E-state index is 0.0392. The second kappa shape index (κ2) is 6.36. The van der Waals surface area contributed by atoms with Crippen molar-refractivity contribution in [3.63, 3.8) is 0 Å². The van der Waals surface area contributed by atoms with Crippen LogP contribution in [0.1, 0.15) is 0 Å². The molecule has 0 spiro atoms. The lowest BCUT2D eigenvalue weighted by Gasteiger charge is -2.04. The Hall–Kier alpha value is -1.11. The van der Waals surface area contributed by atoms with E-state index < -0.39 is 9.84 Å². The molecule has 0 N–H and O–H groups in total. The average molecular weight is 315 g/mol. The number of hydrogen-bond acceptors (Lipinski definition) is 5. The molecule has 0 aliphatic heterocycles. The van der Waals surface area contributed by atoms with Gasteiger partial charge in [0.15, 0.2) is 15.0 Å². The van der Waals surface area contributed by atoms with Crippen LogP contribution in [0.2, 0.25) is 5.02 Å². The van der Waals surface area contributed by atoms with Crippen molar-refractivity contribution in [1.29, 1.82) is 0 Å². The van der Waals surface area contributed by atoms with E-state index in [1.165, 1.54) is 23.9 Å². The molecule has 0 aliphatic rings. The van der Waals surface area contributed by atoms with Crippen LogP contribution in [0.3, 0.4) is 0 Å². The summed E-state index contributed by atoms with van der Waals surface area (Å²) in [6, 6.07) is 7.89. The van der Waals surface area contributed by atoms with Crippen LogP contribution in [0.25, 0.3) is 0 Å². The van der Waals surface area contributed by atoms with Gasteiger partial charge in [-0.1, -0.05) is 23.4 Å². The highest BCUT2D eigenvalue weighted by atomic mass is 35.5. The molecule has 2 aromatic rings. The van der Waals surface area contributed by atoms with E-state index in [0.717, 1.165) is 0 Å². The zero-order chi connectivity index (χ0) is 13.7. The first kappa shape index (κ1) is 14.3. The molecule has 0 fully saturated rings. The van der Waals surface area contributed by atoms with Gasteiger partial charge < -0.3 is 0 Å². The molecule has 0 radical (unpaired) electrons. The maximum atomic E-state index is 12.0. The van der Waals surface area contributed by atoms with Crippen LogP contribution in [0.4, 0.5) is 0 Å². The van der Waals surface area contributed by atoms with E-state index in [-0.39, 0.29) is 10.6 Å². The Morgan fingerprint density at radius 1 is 1.11 bits per heavy atom. The van der Waals surface area contributed by atoms with Gasteiger partial charge in [-0.2, -0.15) is 0 Å². The van der Waals surface area contributed by atoms with Gasteiger partial charge in [0.2, 0.25) is 0 Å². The van der Waals surface area contributed by atoms with Crippen molar-refractivity contribution in [3.05, 3.63) is 47.7 Å². The SMILES string of the molecule is O=S(=O)(CCSc1ncccn1)c1ccc(Cl)cc1. The van der Waals surface area contributed by atoms with Crippen molar-refractivity contribution >= 4 is 33.2 Å². The number of rotatable bonds is 5. The molecular formula is C12H11ClN2O2S2. The smallest absolute Gasteiger partial charge is 0.187 e. The maximum absolute atomic E-state index is 12.0. The van der Waals surface area contributed by atoms with Crippen molar-refractivity contribution < 1.29 is 8.42 Å². The first-order valence-corrected chi connectivity index (χ1v) is 8.48. The Bertz CT molecular complexity index is 631. The minimum Gasteiger partial charge on any atom is -0.231 e. The Kier molecular flexibility index (Phi) is 4.79. The fraction of sp³-hybridized carbons (Fsp3) is 0.167. The molecule has 0 saturated carbocycles. The topological polar surface area (TPSA) is 59.9 Å². The summed E-state index contributed by atoms with van der Waals surface area (Å²) >= 11 is 7.05. The third-order valence-electron chi connectivity index (χ3n) is 2.30. The van der Waals surface area contributed by atoms with Gasteiger partial charge in [-0.05, 0) is 30.3 Å². The molecule has 19 heavy (non-hydrogen) atoms. The summed E-state index contributed by atoms with van der Waals surface area (Å²) in [4.78, 5) is 8.33. The summed E-state index contributed by atoms with van der Waals surface area (Å²) in [5.74, 6) is 0.451. The van der Waals surface area contributed by atoms with Crippen LogP contribution in [0.5, 0.6) is 0 Å². The summed E-state index contributed by atoms with van der Waals surface area (Å²) in [6.45, 7) is 0. The fourth-order valence-corrected chi connectivity index (χ4v) is 3.94. The summed E-state index contributed by atoms with van der Waals surface area (Å²) in [6.07, 6.45) is 3.26. The lowest BCUT2D eigenvalue weighted by molar-refractivity contribution is 0.597. The predicted octanol–water partition coefficient (Wildman–Crippen LogP) is 2.70.